The second-order valence-corrected chi connectivity index (χ2v) is 3.82. The maximum atomic E-state index is 9.25. The standard InChI is InChI=1S/C11H17N3O/c1-12-11-7-9(4-5-13-11)14-6-2-3-10(14)8-15/h4-5,7,10,15H,2-3,6,8H2,1H3,(H,12,13). The summed E-state index contributed by atoms with van der Waals surface area (Å²) in [6.45, 7) is 1.26. The highest BCUT2D eigenvalue weighted by Crippen LogP contribution is 2.26. The molecule has 2 heterocycles. The summed E-state index contributed by atoms with van der Waals surface area (Å²) < 4.78 is 0. The Morgan fingerprint density at radius 2 is 2.53 bits per heavy atom. The molecule has 0 radical (unpaired) electrons. The average Bonchev–Trinajstić information content (AvgIpc) is 2.77. The van der Waals surface area contributed by atoms with Gasteiger partial charge < -0.3 is 15.3 Å². The second kappa shape index (κ2) is 4.49. The molecule has 1 fully saturated rings. The van der Waals surface area contributed by atoms with Crippen LogP contribution in [0.4, 0.5) is 11.5 Å². The maximum absolute atomic E-state index is 9.25. The first-order valence-corrected chi connectivity index (χ1v) is 5.36. The zero-order chi connectivity index (χ0) is 10.7. The van der Waals surface area contributed by atoms with E-state index in [0.29, 0.717) is 0 Å². The number of nitrogens with zero attached hydrogens (tertiary/aromatic N) is 2. The summed E-state index contributed by atoms with van der Waals surface area (Å²) in [5.74, 6) is 0.871. The van der Waals surface area contributed by atoms with Gasteiger partial charge in [0.15, 0.2) is 0 Å². The lowest BCUT2D eigenvalue weighted by molar-refractivity contribution is 0.266. The van der Waals surface area contributed by atoms with Gasteiger partial charge in [0, 0.05) is 31.5 Å². The zero-order valence-corrected chi connectivity index (χ0v) is 8.98. The Labute approximate surface area is 89.9 Å². The maximum Gasteiger partial charge on any atom is 0.127 e. The van der Waals surface area contributed by atoms with Gasteiger partial charge in [-0.15, -0.1) is 0 Å². The lowest BCUT2D eigenvalue weighted by atomic mass is 10.2. The molecule has 1 aromatic heterocycles. The minimum Gasteiger partial charge on any atom is -0.394 e. The van der Waals surface area contributed by atoms with E-state index in [9.17, 15) is 5.11 Å². The van der Waals surface area contributed by atoms with Crippen LogP contribution in [0.25, 0.3) is 0 Å². The van der Waals surface area contributed by atoms with E-state index in [1.165, 1.54) is 0 Å². The SMILES string of the molecule is CNc1cc(N2CCCC2CO)ccn1. The Hall–Kier alpha value is -1.29. The third-order valence-corrected chi connectivity index (χ3v) is 2.92. The Morgan fingerprint density at radius 3 is 3.27 bits per heavy atom. The van der Waals surface area contributed by atoms with E-state index < -0.39 is 0 Å². The number of nitrogens with one attached hydrogen (secondary N) is 1. The first-order valence-electron chi connectivity index (χ1n) is 5.36. The second-order valence-electron chi connectivity index (χ2n) is 3.82. The molecule has 0 aliphatic carbocycles. The quantitative estimate of drug-likeness (QED) is 0.778. The van der Waals surface area contributed by atoms with Crippen molar-refractivity contribution in [3.63, 3.8) is 0 Å². The third kappa shape index (κ3) is 2.04. The molecular formula is C11H17N3O. The van der Waals surface area contributed by atoms with Crippen molar-refractivity contribution >= 4 is 11.5 Å². The molecule has 1 atom stereocenters. The van der Waals surface area contributed by atoms with Crippen LogP contribution in [0.1, 0.15) is 12.8 Å². The summed E-state index contributed by atoms with van der Waals surface area (Å²) in [4.78, 5) is 6.43. The largest absolute Gasteiger partial charge is 0.394 e. The summed E-state index contributed by atoms with van der Waals surface area (Å²) in [5, 5.41) is 12.3. The fraction of sp³-hybridized carbons (Fsp3) is 0.545. The normalized spacial score (nSPS) is 20.7. The Balaban J connectivity index is 2.20. The van der Waals surface area contributed by atoms with Gasteiger partial charge in [0.25, 0.3) is 0 Å². The molecule has 82 valence electrons. The van der Waals surface area contributed by atoms with Gasteiger partial charge in [-0.1, -0.05) is 0 Å². The van der Waals surface area contributed by atoms with Crippen LogP contribution in [0.5, 0.6) is 0 Å². The van der Waals surface area contributed by atoms with Crippen molar-refractivity contribution in [3.8, 4) is 0 Å². The Kier molecular flexibility index (Phi) is 3.06. The fourth-order valence-electron chi connectivity index (χ4n) is 2.10. The molecule has 0 saturated carbocycles. The van der Waals surface area contributed by atoms with Crippen molar-refractivity contribution in [2.24, 2.45) is 0 Å². The van der Waals surface area contributed by atoms with Crippen LogP contribution in [-0.2, 0) is 0 Å². The van der Waals surface area contributed by atoms with Crippen molar-refractivity contribution in [1.29, 1.82) is 0 Å². The molecule has 1 saturated heterocycles. The molecule has 0 spiro atoms. The van der Waals surface area contributed by atoms with Gasteiger partial charge in [0.1, 0.15) is 5.82 Å². The van der Waals surface area contributed by atoms with E-state index in [1.807, 2.05) is 19.2 Å². The Bertz CT molecular complexity index is 329. The van der Waals surface area contributed by atoms with E-state index in [1.54, 1.807) is 6.20 Å². The first-order chi connectivity index (χ1) is 7.35. The summed E-state index contributed by atoms with van der Waals surface area (Å²) >= 11 is 0. The van der Waals surface area contributed by atoms with Crippen LogP contribution in [0.3, 0.4) is 0 Å². The van der Waals surface area contributed by atoms with Crippen LogP contribution >= 0.6 is 0 Å². The summed E-state index contributed by atoms with van der Waals surface area (Å²) in [5.41, 5.74) is 1.14. The van der Waals surface area contributed by atoms with Crippen LogP contribution < -0.4 is 10.2 Å². The van der Waals surface area contributed by atoms with Gasteiger partial charge in [0.2, 0.25) is 0 Å². The van der Waals surface area contributed by atoms with Crippen LogP contribution in [-0.4, -0.2) is 36.3 Å². The summed E-state index contributed by atoms with van der Waals surface area (Å²) in [6, 6.07) is 4.29. The highest BCUT2D eigenvalue weighted by Gasteiger charge is 2.23. The molecule has 1 aliphatic rings. The number of hydrogen-bond acceptors (Lipinski definition) is 4. The van der Waals surface area contributed by atoms with Gasteiger partial charge in [-0.2, -0.15) is 0 Å². The molecule has 4 nitrogen and oxygen atoms in total. The molecule has 0 amide bonds. The fourth-order valence-corrected chi connectivity index (χ4v) is 2.10. The first kappa shape index (κ1) is 10.2. The van der Waals surface area contributed by atoms with Crippen molar-refractivity contribution in [3.05, 3.63) is 18.3 Å². The molecule has 0 aromatic carbocycles. The van der Waals surface area contributed by atoms with Crippen molar-refractivity contribution < 1.29 is 5.11 Å². The molecule has 0 bridgehead atoms. The van der Waals surface area contributed by atoms with Crippen LogP contribution in [0, 0.1) is 0 Å². The number of hydrogen-bond donors (Lipinski definition) is 2. The van der Waals surface area contributed by atoms with E-state index in [-0.39, 0.29) is 12.6 Å². The molecule has 1 aromatic rings. The molecule has 2 N–H and O–H groups in total. The molecule has 15 heavy (non-hydrogen) atoms. The van der Waals surface area contributed by atoms with Crippen LogP contribution in [0.15, 0.2) is 18.3 Å². The minimum atomic E-state index is 0.233. The van der Waals surface area contributed by atoms with E-state index in [0.717, 1.165) is 30.9 Å². The number of aromatic nitrogens is 1. The summed E-state index contributed by atoms with van der Waals surface area (Å²) in [7, 11) is 1.86. The predicted molar refractivity (Wildman–Crippen MR) is 61.2 cm³/mol. The van der Waals surface area contributed by atoms with Crippen molar-refractivity contribution in [1.82, 2.24) is 4.98 Å². The molecule has 1 aliphatic heterocycles. The predicted octanol–water partition coefficient (Wildman–Crippen LogP) is 1.08. The average molecular weight is 207 g/mol. The van der Waals surface area contributed by atoms with Gasteiger partial charge in [-0.05, 0) is 18.9 Å². The van der Waals surface area contributed by atoms with Gasteiger partial charge >= 0.3 is 0 Å². The number of aliphatic hydroxyl groups excluding tert-OH is 1. The zero-order valence-electron chi connectivity index (χ0n) is 8.98. The van der Waals surface area contributed by atoms with Crippen molar-refractivity contribution in [2.45, 2.75) is 18.9 Å². The highest BCUT2D eigenvalue weighted by atomic mass is 16.3. The van der Waals surface area contributed by atoms with E-state index in [2.05, 4.69) is 15.2 Å². The van der Waals surface area contributed by atoms with Gasteiger partial charge in [-0.25, -0.2) is 4.98 Å². The number of rotatable bonds is 3. The number of aliphatic hydroxyl groups is 1. The smallest absolute Gasteiger partial charge is 0.127 e. The molecular weight excluding hydrogens is 190 g/mol. The molecule has 4 heteroatoms. The van der Waals surface area contributed by atoms with E-state index >= 15 is 0 Å². The highest BCUT2D eigenvalue weighted by molar-refractivity contribution is 5.54. The van der Waals surface area contributed by atoms with Crippen molar-refractivity contribution in [2.75, 3.05) is 30.4 Å². The van der Waals surface area contributed by atoms with E-state index in [4.69, 9.17) is 0 Å². The lowest BCUT2D eigenvalue weighted by Gasteiger charge is -2.25. The topological polar surface area (TPSA) is 48.4 Å². The Morgan fingerprint density at radius 1 is 1.67 bits per heavy atom. The monoisotopic (exact) mass is 207 g/mol. The number of pyridine rings is 1. The molecule has 1 unspecified atom stereocenters. The molecule has 2 rings (SSSR count). The summed E-state index contributed by atoms with van der Waals surface area (Å²) in [6.07, 6.45) is 4.03. The number of anilines is 2. The van der Waals surface area contributed by atoms with Gasteiger partial charge in [-0.3, -0.25) is 0 Å². The van der Waals surface area contributed by atoms with Gasteiger partial charge in [0.05, 0.1) is 12.6 Å². The van der Waals surface area contributed by atoms with Crippen LogP contribution in [0.2, 0.25) is 0 Å². The third-order valence-electron chi connectivity index (χ3n) is 2.92. The lowest BCUT2D eigenvalue weighted by Crippen LogP contribution is -2.32. The minimum absolute atomic E-state index is 0.233.